The Labute approximate surface area is 128 Å². The molecule has 8 nitrogen and oxygen atoms in total. The normalized spacial score (nSPS) is 18.7. The molecule has 1 atom stereocenters. The Bertz CT molecular complexity index is 677. The molecule has 22 heavy (non-hydrogen) atoms. The van der Waals surface area contributed by atoms with Crippen molar-refractivity contribution in [2.75, 3.05) is 19.7 Å². The zero-order valence-corrected chi connectivity index (χ0v) is 13.0. The number of nitrogens with zero attached hydrogens (tertiary/aromatic N) is 5. The van der Waals surface area contributed by atoms with Crippen molar-refractivity contribution in [2.24, 2.45) is 7.05 Å². The smallest absolute Gasteiger partial charge is 0.257 e. The standard InChI is InChI=1S/C14H20N6O2/c1-4-12-15-13(17-16-12)11-8-20(5-6-22-11)14(21)10-7-19(3)18-9(10)2/h7,11H,4-6,8H2,1-3H3,(H,15,16,17)/t11-/m1/s1. The fourth-order valence-electron chi connectivity index (χ4n) is 2.58. The first kappa shape index (κ1) is 14.7. The summed E-state index contributed by atoms with van der Waals surface area (Å²) in [5, 5.41) is 11.3. The minimum Gasteiger partial charge on any atom is -0.366 e. The summed E-state index contributed by atoms with van der Waals surface area (Å²) in [5.41, 5.74) is 1.37. The maximum absolute atomic E-state index is 12.6. The first-order valence-corrected chi connectivity index (χ1v) is 7.40. The number of rotatable bonds is 3. The van der Waals surface area contributed by atoms with Gasteiger partial charge in [-0.25, -0.2) is 4.98 Å². The zero-order valence-electron chi connectivity index (χ0n) is 13.0. The van der Waals surface area contributed by atoms with Gasteiger partial charge in [0.05, 0.1) is 24.4 Å². The molecule has 1 aliphatic heterocycles. The molecule has 1 amide bonds. The van der Waals surface area contributed by atoms with Crippen LogP contribution in [0.25, 0.3) is 0 Å². The minimum absolute atomic E-state index is 0.0230. The minimum atomic E-state index is -0.286. The number of nitrogens with one attached hydrogen (secondary N) is 1. The number of aryl methyl sites for hydroxylation is 3. The SMILES string of the molecule is CCc1nc([C@H]2CN(C(=O)c3cn(C)nc3C)CCO2)n[nH]1. The summed E-state index contributed by atoms with van der Waals surface area (Å²) in [6.45, 7) is 5.34. The largest absolute Gasteiger partial charge is 0.366 e. The molecule has 1 N–H and O–H groups in total. The van der Waals surface area contributed by atoms with E-state index < -0.39 is 0 Å². The van der Waals surface area contributed by atoms with Crippen LogP contribution in [-0.4, -0.2) is 55.5 Å². The Kier molecular flexibility index (Phi) is 3.93. The molecule has 3 heterocycles. The van der Waals surface area contributed by atoms with Crippen molar-refractivity contribution in [2.45, 2.75) is 26.4 Å². The summed E-state index contributed by atoms with van der Waals surface area (Å²) in [5.74, 6) is 1.41. The van der Waals surface area contributed by atoms with E-state index in [4.69, 9.17) is 4.74 Å². The highest BCUT2D eigenvalue weighted by Crippen LogP contribution is 2.21. The maximum atomic E-state index is 12.6. The van der Waals surface area contributed by atoms with Gasteiger partial charge in [0.1, 0.15) is 11.9 Å². The van der Waals surface area contributed by atoms with Gasteiger partial charge >= 0.3 is 0 Å². The second-order valence-corrected chi connectivity index (χ2v) is 5.41. The third kappa shape index (κ3) is 2.74. The first-order chi connectivity index (χ1) is 10.6. The lowest BCUT2D eigenvalue weighted by molar-refractivity contribution is -0.0267. The number of amides is 1. The first-order valence-electron chi connectivity index (χ1n) is 7.40. The topological polar surface area (TPSA) is 88.9 Å². The molecule has 118 valence electrons. The Morgan fingerprint density at radius 1 is 1.55 bits per heavy atom. The molecule has 0 saturated carbocycles. The van der Waals surface area contributed by atoms with Crippen molar-refractivity contribution in [3.63, 3.8) is 0 Å². The summed E-state index contributed by atoms with van der Waals surface area (Å²) in [6, 6.07) is 0. The third-order valence-electron chi connectivity index (χ3n) is 3.77. The average Bonchev–Trinajstić information content (AvgIpc) is 3.13. The van der Waals surface area contributed by atoms with E-state index in [1.54, 1.807) is 15.8 Å². The zero-order chi connectivity index (χ0) is 15.7. The van der Waals surface area contributed by atoms with Gasteiger partial charge in [0.2, 0.25) is 0 Å². The van der Waals surface area contributed by atoms with Crippen molar-refractivity contribution in [1.29, 1.82) is 0 Å². The molecule has 0 radical (unpaired) electrons. The molecular formula is C14H20N6O2. The van der Waals surface area contributed by atoms with Crippen LogP contribution in [0, 0.1) is 6.92 Å². The number of aromatic nitrogens is 5. The lowest BCUT2D eigenvalue weighted by Gasteiger charge is -2.31. The van der Waals surface area contributed by atoms with Crippen molar-refractivity contribution < 1.29 is 9.53 Å². The van der Waals surface area contributed by atoms with E-state index in [-0.39, 0.29) is 12.0 Å². The highest BCUT2D eigenvalue weighted by atomic mass is 16.5. The summed E-state index contributed by atoms with van der Waals surface area (Å²) in [6.07, 6.45) is 2.26. The highest BCUT2D eigenvalue weighted by molar-refractivity contribution is 5.95. The van der Waals surface area contributed by atoms with Gasteiger partial charge in [0.15, 0.2) is 5.82 Å². The molecule has 8 heteroatoms. The second-order valence-electron chi connectivity index (χ2n) is 5.41. The number of carbonyl (C=O) groups is 1. The summed E-state index contributed by atoms with van der Waals surface area (Å²) < 4.78 is 7.37. The maximum Gasteiger partial charge on any atom is 0.257 e. The van der Waals surface area contributed by atoms with E-state index in [0.717, 1.165) is 17.9 Å². The Morgan fingerprint density at radius 3 is 3.00 bits per heavy atom. The summed E-state index contributed by atoms with van der Waals surface area (Å²) in [4.78, 5) is 18.8. The van der Waals surface area contributed by atoms with Crippen LogP contribution >= 0.6 is 0 Å². The highest BCUT2D eigenvalue weighted by Gasteiger charge is 2.29. The quantitative estimate of drug-likeness (QED) is 0.898. The van der Waals surface area contributed by atoms with Gasteiger partial charge in [-0.3, -0.25) is 14.6 Å². The predicted octanol–water partition coefficient (Wildman–Crippen LogP) is 0.623. The van der Waals surface area contributed by atoms with E-state index >= 15 is 0 Å². The van der Waals surface area contributed by atoms with Crippen molar-refractivity contribution in [1.82, 2.24) is 29.9 Å². The van der Waals surface area contributed by atoms with Gasteiger partial charge in [-0.15, -0.1) is 0 Å². The number of hydrogen-bond acceptors (Lipinski definition) is 5. The molecule has 1 aliphatic rings. The van der Waals surface area contributed by atoms with E-state index in [9.17, 15) is 4.79 Å². The van der Waals surface area contributed by atoms with Crippen LogP contribution < -0.4 is 0 Å². The van der Waals surface area contributed by atoms with Gasteiger partial charge in [-0.2, -0.15) is 10.2 Å². The number of H-pyrrole nitrogens is 1. The van der Waals surface area contributed by atoms with E-state index in [2.05, 4.69) is 20.3 Å². The van der Waals surface area contributed by atoms with Crippen LogP contribution in [-0.2, 0) is 18.2 Å². The molecule has 1 saturated heterocycles. The number of morpholine rings is 1. The summed E-state index contributed by atoms with van der Waals surface area (Å²) >= 11 is 0. The number of carbonyl (C=O) groups excluding carboxylic acids is 1. The molecule has 1 fully saturated rings. The molecule has 0 aliphatic carbocycles. The van der Waals surface area contributed by atoms with Gasteiger partial charge in [0, 0.05) is 26.2 Å². The number of hydrogen-bond donors (Lipinski definition) is 1. The molecule has 0 bridgehead atoms. The van der Waals surface area contributed by atoms with E-state index in [1.807, 2.05) is 20.9 Å². The average molecular weight is 304 g/mol. The van der Waals surface area contributed by atoms with Crippen LogP contribution in [0.5, 0.6) is 0 Å². The monoisotopic (exact) mass is 304 g/mol. The molecule has 0 unspecified atom stereocenters. The van der Waals surface area contributed by atoms with Gasteiger partial charge in [-0.1, -0.05) is 6.92 Å². The molecule has 2 aromatic heterocycles. The van der Waals surface area contributed by atoms with E-state index in [0.29, 0.717) is 31.1 Å². The molecule has 3 rings (SSSR count). The van der Waals surface area contributed by atoms with Crippen molar-refractivity contribution >= 4 is 5.91 Å². The Balaban J connectivity index is 1.75. The van der Waals surface area contributed by atoms with Gasteiger partial charge in [0.25, 0.3) is 5.91 Å². The fourth-order valence-corrected chi connectivity index (χ4v) is 2.58. The van der Waals surface area contributed by atoms with Crippen LogP contribution in [0.15, 0.2) is 6.20 Å². The second kappa shape index (κ2) is 5.88. The van der Waals surface area contributed by atoms with Crippen molar-refractivity contribution in [3.8, 4) is 0 Å². The Hall–Kier alpha value is -2.22. The third-order valence-corrected chi connectivity index (χ3v) is 3.77. The van der Waals surface area contributed by atoms with Crippen molar-refractivity contribution in [3.05, 3.63) is 29.1 Å². The van der Waals surface area contributed by atoms with Crippen LogP contribution in [0.4, 0.5) is 0 Å². The van der Waals surface area contributed by atoms with Crippen LogP contribution in [0.3, 0.4) is 0 Å². The Morgan fingerprint density at radius 2 is 2.36 bits per heavy atom. The van der Waals surface area contributed by atoms with Gasteiger partial charge in [-0.05, 0) is 6.92 Å². The molecule has 2 aromatic rings. The lowest BCUT2D eigenvalue weighted by atomic mass is 10.2. The fraction of sp³-hybridized carbons (Fsp3) is 0.571. The van der Waals surface area contributed by atoms with E-state index in [1.165, 1.54) is 0 Å². The van der Waals surface area contributed by atoms with Crippen LogP contribution in [0.1, 0.15) is 40.7 Å². The number of aromatic amines is 1. The molecular weight excluding hydrogens is 284 g/mol. The predicted molar refractivity (Wildman–Crippen MR) is 78.3 cm³/mol. The molecule has 0 aromatic carbocycles. The lowest BCUT2D eigenvalue weighted by Crippen LogP contribution is -2.42. The summed E-state index contributed by atoms with van der Waals surface area (Å²) in [7, 11) is 1.81. The molecule has 0 spiro atoms. The number of ether oxygens (including phenoxy) is 1. The van der Waals surface area contributed by atoms with Crippen LogP contribution in [0.2, 0.25) is 0 Å². The van der Waals surface area contributed by atoms with Gasteiger partial charge < -0.3 is 9.64 Å².